The summed E-state index contributed by atoms with van der Waals surface area (Å²) in [6, 6.07) is 0. The fourth-order valence-electron chi connectivity index (χ4n) is 1.06. The molecule has 0 aliphatic carbocycles. The van der Waals surface area contributed by atoms with E-state index in [1.165, 1.54) is 0 Å². The van der Waals surface area contributed by atoms with Crippen LogP contribution in [0.25, 0.3) is 0 Å². The molecule has 4 radical (unpaired) electrons. The van der Waals surface area contributed by atoms with E-state index >= 15 is 0 Å². The fraction of sp³-hybridized carbons (Fsp3) is 0.714. The van der Waals surface area contributed by atoms with Gasteiger partial charge in [-0.1, -0.05) is 34.6 Å². The molecule has 0 rings (SSSR count). The van der Waals surface area contributed by atoms with Gasteiger partial charge in [-0.2, -0.15) is 6.42 Å². The molecule has 1 nitrogen and oxygen atoms in total. The molecule has 0 fully saturated rings. The number of hydrogen-bond acceptors (Lipinski definition) is 1. The van der Waals surface area contributed by atoms with Crippen LogP contribution in [0, 0.1) is 34.1 Å². The maximum absolute atomic E-state index is 9.35. The Labute approximate surface area is 160 Å². The Morgan fingerprint density at radius 1 is 1.22 bits per heavy atom. The maximum Gasteiger partial charge on any atom is 2.00 e. The molecule has 0 aliphatic rings. The predicted molar refractivity (Wildman–Crippen MR) is 81.0 cm³/mol. The Bertz CT molecular complexity index is 98.3. The molecular formula is C14H34BOWY-2. The average molecular weight is 502 g/mol. The third-order valence-electron chi connectivity index (χ3n) is 1.33. The summed E-state index contributed by atoms with van der Waals surface area (Å²) < 4.78 is 0. The first-order chi connectivity index (χ1) is 5.45. The van der Waals surface area contributed by atoms with Crippen molar-refractivity contribution in [1.29, 1.82) is 0 Å². The van der Waals surface area contributed by atoms with Crippen molar-refractivity contribution >= 4 is 8.41 Å². The van der Waals surface area contributed by atoms with Gasteiger partial charge in [-0.25, -0.2) is 0 Å². The smallest absolute Gasteiger partial charge is 0.391 e. The molecule has 0 heterocycles. The monoisotopic (exact) mass is 502 g/mol. The Morgan fingerprint density at radius 3 is 1.67 bits per heavy atom. The zero-order valence-corrected chi connectivity index (χ0v) is 18.6. The molecule has 0 aromatic carbocycles. The van der Waals surface area contributed by atoms with Gasteiger partial charge in [-0.15, -0.1) is 0 Å². The summed E-state index contributed by atoms with van der Waals surface area (Å²) in [5.41, 5.74) is -0.571. The molecule has 1 N–H and O–H groups in total. The molecule has 110 valence electrons. The Hall–Kier alpha value is 1.82. The molecule has 0 saturated carbocycles. The van der Waals surface area contributed by atoms with Crippen molar-refractivity contribution in [3.05, 3.63) is 28.2 Å². The van der Waals surface area contributed by atoms with Crippen LogP contribution in [0.5, 0.6) is 0 Å². The Balaban J connectivity index is -0.0000000198. The zero-order chi connectivity index (χ0) is 10.2. The number of aliphatic hydroxyl groups is 1. The van der Waals surface area contributed by atoms with Gasteiger partial charge in [0.05, 0.1) is 5.60 Å². The molecule has 0 aliphatic heterocycles. The second kappa shape index (κ2) is 31.3. The molecule has 1 atom stereocenters. The van der Waals surface area contributed by atoms with Crippen LogP contribution >= 0.6 is 0 Å². The second-order valence-electron chi connectivity index (χ2n) is 3.42. The van der Waals surface area contributed by atoms with Crippen LogP contribution in [0.1, 0.15) is 54.9 Å². The van der Waals surface area contributed by atoms with Crippen molar-refractivity contribution in [3.8, 4) is 0 Å². The fourth-order valence-corrected chi connectivity index (χ4v) is 1.06. The van der Waals surface area contributed by atoms with Gasteiger partial charge in [0.2, 0.25) is 0 Å². The zero-order valence-electron chi connectivity index (χ0n) is 12.8. The van der Waals surface area contributed by atoms with Crippen molar-refractivity contribution in [1.82, 2.24) is 0 Å². The minimum atomic E-state index is -0.571. The molecule has 18 heavy (non-hydrogen) atoms. The third kappa shape index (κ3) is 52.3. The van der Waals surface area contributed by atoms with Crippen LogP contribution in [-0.2, 0) is 53.8 Å². The first kappa shape index (κ1) is 50.2. The normalized spacial score (nSPS) is 8.83. The van der Waals surface area contributed by atoms with E-state index in [0.717, 1.165) is 12.8 Å². The van der Waals surface area contributed by atoms with Crippen LogP contribution in [0.15, 0.2) is 0 Å². The van der Waals surface area contributed by atoms with Gasteiger partial charge in [0.25, 0.3) is 0 Å². The minimum Gasteiger partial charge on any atom is -0.391 e. The Kier molecular flexibility index (Phi) is 87.3. The predicted octanol–water partition coefficient (Wildman–Crippen LogP) is 4.39. The van der Waals surface area contributed by atoms with Gasteiger partial charge in [0.1, 0.15) is 0 Å². The number of rotatable bonds is 4. The molecule has 0 amide bonds. The standard InChI is InChI=1S/C9H18O.C2H6.CH4.2CH3.B.W.Y/c1-5-6-8(2)7-9(3,4)10;1-2;;;;;;/h6,8,10H,2,5,7H2,1,3-4H3;1-2H3;1H4;2*1H3;;;/q-2;;;2*-1;;+2;. The van der Waals surface area contributed by atoms with Gasteiger partial charge in [0.15, 0.2) is 0 Å². The van der Waals surface area contributed by atoms with Gasteiger partial charge < -0.3 is 33.3 Å². The minimum absolute atomic E-state index is 0. The SMILES string of the molecule is C.CC.[B].[CH2-]C([CH-]CC)CC(C)(C)O.[CH3-].[CH3-].[W+2].[Y]. The molecule has 0 saturated heterocycles. The van der Waals surface area contributed by atoms with E-state index in [0.29, 0.717) is 0 Å². The van der Waals surface area contributed by atoms with Crippen LogP contribution in [0.3, 0.4) is 0 Å². The summed E-state index contributed by atoms with van der Waals surface area (Å²) in [4.78, 5) is 0. The van der Waals surface area contributed by atoms with Crippen molar-refractivity contribution in [2.75, 3.05) is 0 Å². The van der Waals surface area contributed by atoms with Crippen molar-refractivity contribution in [2.24, 2.45) is 5.92 Å². The van der Waals surface area contributed by atoms with Gasteiger partial charge in [0, 0.05) is 41.1 Å². The molecular weight excluding hydrogens is 468 g/mol. The van der Waals surface area contributed by atoms with Crippen molar-refractivity contribution in [2.45, 2.75) is 60.5 Å². The summed E-state index contributed by atoms with van der Waals surface area (Å²) in [7, 11) is 0. The second-order valence-corrected chi connectivity index (χ2v) is 3.42. The molecule has 0 aromatic rings. The van der Waals surface area contributed by atoms with E-state index in [2.05, 4.69) is 20.3 Å². The molecule has 4 heteroatoms. The maximum atomic E-state index is 9.35. The van der Waals surface area contributed by atoms with Crippen LogP contribution < -0.4 is 0 Å². The number of hydrogen-bond donors (Lipinski definition) is 1. The third-order valence-corrected chi connectivity index (χ3v) is 1.33. The largest absolute Gasteiger partial charge is 2.00 e. The summed E-state index contributed by atoms with van der Waals surface area (Å²) in [6.07, 6.45) is 3.91. The first-order valence-electron chi connectivity index (χ1n) is 4.84. The van der Waals surface area contributed by atoms with E-state index in [1.807, 2.05) is 27.7 Å². The summed E-state index contributed by atoms with van der Waals surface area (Å²) in [6.45, 7) is 13.6. The quantitative estimate of drug-likeness (QED) is 0.447. The van der Waals surface area contributed by atoms with Crippen LogP contribution in [0.4, 0.5) is 0 Å². The first-order valence-corrected chi connectivity index (χ1v) is 4.84. The van der Waals surface area contributed by atoms with E-state index < -0.39 is 5.60 Å². The van der Waals surface area contributed by atoms with E-state index in [-0.39, 0.29) is 90.4 Å². The van der Waals surface area contributed by atoms with Crippen molar-refractivity contribution in [3.63, 3.8) is 0 Å². The van der Waals surface area contributed by atoms with E-state index in [9.17, 15) is 5.11 Å². The average Bonchev–Trinajstić information content (AvgIpc) is 1.88. The topological polar surface area (TPSA) is 20.2 Å². The van der Waals surface area contributed by atoms with E-state index in [4.69, 9.17) is 0 Å². The molecule has 0 aromatic heterocycles. The van der Waals surface area contributed by atoms with Gasteiger partial charge in [-0.3, -0.25) is 5.92 Å². The van der Waals surface area contributed by atoms with Crippen LogP contribution in [0.2, 0.25) is 0 Å². The molecule has 0 bridgehead atoms. The Morgan fingerprint density at radius 2 is 1.50 bits per heavy atom. The van der Waals surface area contributed by atoms with Crippen molar-refractivity contribution < 1.29 is 58.9 Å². The summed E-state index contributed by atoms with van der Waals surface area (Å²) >= 11 is 0. The van der Waals surface area contributed by atoms with E-state index in [1.54, 1.807) is 0 Å². The summed E-state index contributed by atoms with van der Waals surface area (Å²) in [5, 5.41) is 9.35. The molecule has 0 spiro atoms. The van der Waals surface area contributed by atoms with Crippen LogP contribution in [-0.4, -0.2) is 19.1 Å². The molecule has 1 unspecified atom stereocenters. The van der Waals surface area contributed by atoms with Gasteiger partial charge in [-0.05, 0) is 13.8 Å². The summed E-state index contributed by atoms with van der Waals surface area (Å²) in [5.74, 6) is 0.282. The van der Waals surface area contributed by atoms with Gasteiger partial charge >= 0.3 is 21.1 Å².